The molecule has 2 aromatic carbocycles. The molecule has 0 fully saturated rings. The molecule has 0 aliphatic carbocycles. The van der Waals surface area contributed by atoms with E-state index in [0.717, 1.165) is 25.0 Å². The van der Waals surface area contributed by atoms with E-state index in [1.807, 2.05) is 24.3 Å². The van der Waals surface area contributed by atoms with Crippen molar-refractivity contribution in [2.45, 2.75) is 25.7 Å². The molecule has 0 aromatic heterocycles. The van der Waals surface area contributed by atoms with E-state index < -0.39 is 0 Å². The summed E-state index contributed by atoms with van der Waals surface area (Å²) in [4.78, 5) is 24.0. The quantitative estimate of drug-likeness (QED) is 0.635. The largest absolute Gasteiger partial charge is 0.497 e. The zero-order chi connectivity index (χ0) is 20.5. The Morgan fingerprint density at radius 2 is 1.72 bits per heavy atom. The van der Waals surface area contributed by atoms with Gasteiger partial charge in [0.2, 0.25) is 11.8 Å². The van der Waals surface area contributed by atoms with Crippen LogP contribution in [0.5, 0.6) is 17.2 Å². The first-order valence-corrected chi connectivity index (χ1v) is 9.73. The number of anilines is 1. The van der Waals surface area contributed by atoms with Crippen LogP contribution in [0.2, 0.25) is 0 Å². The fourth-order valence-corrected chi connectivity index (χ4v) is 3.00. The zero-order valence-corrected chi connectivity index (χ0v) is 16.5. The van der Waals surface area contributed by atoms with Gasteiger partial charge in [-0.25, -0.2) is 0 Å². The van der Waals surface area contributed by atoms with Crippen LogP contribution in [0.1, 0.15) is 24.8 Å². The number of ether oxygens (including phenoxy) is 3. The van der Waals surface area contributed by atoms with Crippen LogP contribution in [0.3, 0.4) is 0 Å². The highest BCUT2D eigenvalue weighted by molar-refractivity contribution is 5.94. The van der Waals surface area contributed by atoms with Crippen LogP contribution in [-0.2, 0) is 16.0 Å². The highest BCUT2D eigenvalue weighted by Gasteiger charge is 2.13. The Hall–Kier alpha value is -3.22. The maximum absolute atomic E-state index is 12.0. The predicted molar refractivity (Wildman–Crippen MR) is 110 cm³/mol. The van der Waals surface area contributed by atoms with Gasteiger partial charge in [-0.2, -0.15) is 0 Å². The molecule has 3 rings (SSSR count). The number of rotatable bonds is 9. The highest BCUT2D eigenvalue weighted by atomic mass is 16.6. The first kappa shape index (κ1) is 20.5. The Kier molecular flexibility index (Phi) is 7.33. The summed E-state index contributed by atoms with van der Waals surface area (Å²) in [6, 6.07) is 13.1. The monoisotopic (exact) mass is 398 g/mol. The van der Waals surface area contributed by atoms with Crippen LogP contribution >= 0.6 is 0 Å². The molecule has 0 spiro atoms. The second kappa shape index (κ2) is 10.4. The molecule has 0 unspecified atom stereocenters. The molecule has 0 saturated carbocycles. The molecule has 0 atom stereocenters. The fourth-order valence-electron chi connectivity index (χ4n) is 3.00. The van der Waals surface area contributed by atoms with Crippen molar-refractivity contribution < 1.29 is 23.8 Å². The Labute approximate surface area is 170 Å². The van der Waals surface area contributed by atoms with E-state index in [0.29, 0.717) is 36.8 Å². The van der Waals surface area contributed by atoms with Gasteiger partial charge < -0.3 is 24.8 Å². The van der Waals surface area contributed by atoms with E-state index >= 15 is 0 Å². The molecule has 0 bridgehead atoms. The zero-order valence-electron chi connectivity index (χ0n) is 16.5. The molecule has 29 heavy (non-hydrogen) atoms. The first-order valence-electron chi connectivity index (χ1n) is 9.73. The first-order chi connectivity index (χ1) is 14.1. The summed E-state index contributed by atoms with van der Waals surface area (Å²) >= 11 is 0. The van der Waals surface area contributed by atoms with Crippen molar-refractivity contribution in [2.24, 2.45) is 0 Å². The van der Waals surface area contributed by atoms with Gasteiger partial charge in [-0.3, -0.25) is 9.59 Å². The van der Waals surface area contributed by atoms with E-state index in [-0.39, 0.29) is 18.4 Å². The van der Waals surface area contributed by atoms with Crippen molar-refractivity contribution >= 4 is 17.5 Å². The third-order valence-electron chi connectivity index (χ3n) is 4.55. The van der Waals surface area contributed by atoms with E-state index in [2.05, 4.69) is 10.6 Å². The van der Waals surface area contributed by atoms with Gasteiger partial charge in [-0.15, -0.1) is 0 Å². The maximum atomic E-state index is 12.0. The van der Waals surface area contributed by atoms with E-state index in [1.54, 1.807) is 25.3 Å². The van der Waals surface area contributed by atoms with Crippen molar-refractivity contribution in [3.63, 3.8) is 0 Å². The van der Waals surface area contributed by atoms with Crippen molar-refractivity contribution in [2.75, 3.05) is 32.2 Å². The lowest BCUT2D eigenvalue weighted by Crippen LogP contribution is -2.32. The molecule has 2 N–H and O–H groups in total. The van der Waals surface area contributed by atoms with Gasteiger partial charge in [0.25, 0.3) is 0 Å². The number of hydrogen-bond donors (Lipinski definition) is 2. The Morgan fingerprint density at radius 1 is 0.966 bits per heavy atom. The molecule has 0 radical (unpaired) electrons. The summed E-state index contributed by atoms with van der Waals surface area (Å²) in [5.41, 5.74) is 1.82. The second-order valence-electron chi connectivity index (χ2n) is 6.74. The van der Waals surface area contributed by atoms with Crippen LogP contribution in [0, 0.1) is 0 Å². The van der Waals surface area contributed by atoms with Crippen molar-refractivity contribution in [3.05, 3.63) is 48.0 Å². The number of unbranched alkanes of at least 4 members (excludes halogenated alkanes) is 1. The number of benzene rings is 2. The van der Waals surface area contributed by atoms with E-state index in [4.69, 9.17) is 14.2 Å². The average Bonchev–Trinajstić information content (AvgIpc) is 2.75. The minimum absolute atomic E-state index is 0.0637. The van der Waals surface area contributed by atoms with Gasteiger partial charge in [0, 0.05) is 18.2 Å². The van der Waals surface area contributed by atoms with Crippen LogP contribution < -0.4 is 24.8 Å². The summed E-state index contributed by atoms with van der Waals surface area (Å²) < 4.78 is 16.1. The molecule has 154 valence electrons. The normalized spacial score (nSPS) is 12.2. The summed E-state index contributed by atoms with van der Waals surface area (Å²) in [7, 11) is 1.64. The van der Waals surface area contributed by atoms with Gasteiger partial charge >= 0.3 is 0 Å². The molecule has 7 heteroatoms. The number of nitrogens with one attached hydrogen (secondary N) is 2. The Morgan fingerprint density at radius 3 is 2.48 bits per heavy atom. The van der Waals surface area contributed by atoms with Crippen LogP contribution in [0.4, 0.5) is 5.69 Å². The number of methoxy groups -OCH3 is 1. The Bertz CT molecular complexity index is 836. The van der Waals surface area contributed by atoms with Gasteiger partial charge in [0.1, 0.15) is 19.0 Å². The van der Waals surface area contributed by atoms with Gasteiger partial charge in [0.15, 0.2) is 11.5 Å². The lowest BCUT2D eigenvalue weighted by molar-refractivity contribution is -0.124. The molecular formula is C22H26N2O5. The Balaban J connectivity index is 1.32. The summed E-state index contributed by atoms with van der Waals surface area (Å²) in [5.74, 6) is 1.69. The molecule has 2 aromatic rings. The van der Waals surface area contributed by atoms with Crippen LogP contribution in [0.25, 0.3) is 0 Å². The number of fused-ring (bicyclic) bond motifs is 1. The molecule has 2 amide bonds. The third kappa shape index (κ3) is 6.41. The lowest BCUT2D eigenvalue weighted by atomic mass is 10.1. The van der Waals surface area contributed by atoms with Gasteiger partial charge in [-0.05, 0) is 49.1 Å². The topological polar surface area (TPSA) is 85.9 Å². The van der Waals surface area contributed by atoms with Crippen molar-refractivity contribution in [1.29, 1.82) is 0 Å². The molecular weight excluding hydrogens is 372 g/mol. The summed E-state index contributed by atoms with van der Waals surface area (Å²) in [5, 5.41) is 5.40. The standard InChI is InChI=1S/C22H26N2O5/c1-27-18-9-6-16(7-10-18)4-2-3-5-21(25)23-15-22(26)24-17-8-11-19-20(14-17)29-13-12-28-19/h6-11,14H,2-5,12-13,15H2,1H3,(H,23,25)(H,24,26). The fraction of sp³-hybridized carbons (Fsp3) is 0.364. The molecule has 1 aliphatic rings. The lowest BCUT2D eigenvalue weighted by Gasteiger charge is -2.19. The number of aryl methyl sites for hydroxylation is 1. The van der Waals surface area contributed by atoms with Gasteiger partial charge in [0.05, 0.1) is 13.7 Å². The number of carbonyl (C=O) groups excluding carboxylic acids is 2. The number of hydrogen-bond acceptors (Lipinski definition) is 5. The number of amides is 2. The summed E-state index contributed by atoms with van der Waals surface area (Å²) in [6.45, 7) is 0.940. The van der Waals surface area contributed by atoms with Gasteiger partial charge in [-0.1, -0.05) is 12.1 Å². The minimum Gasteiger partial charge on any atom is -0.497 e. The SMILES string of the molecule is COc1ccc(CCCCC(=O)NCC(=O)Nc2ccc3c(c2)OCCO3)cc1. The molecule has 1 heterocycles. The van der Waals surface area contributed by atoms with Crippen molar-refractivity contribution in [1.82, 2.24) is 5.32 Å². The third-order valence-corrected chi connectivity index (χ3v) is 4.55. The molecule has 1 aliphatic heterocycles. The molecule has 7 nitrogen and oxygen atoms in total. The van der Waals surface area contributed by atoms with E-state index in [1.165, 1.54) is 5.56 Å². The highest BCUT2D eigenvalue weighted by Crippen LogP contribution is 2.32. The van der Waals surface area contributed by atoms with Crippen molar-refractivity contribution in [3.8, 4) is 17.2 Å². The summed E-state index contributed by atoms with van der Waals surface area (Å²) in [6.07, 6.45) is 2.97. The van der Waals surface area contributed by atoms with Crippen LogP contribution in [0.15, 0.2) is 42.5 Å². The van der Waals surface area contributed by atoms with E-state index in [9.17, 15) is 9.59 Å². The smallest absolute Gasteiger partial charge is 0.243 e. The second-order valence-corrected chi connectivity index (χ2v) is 6.74. The maximum Gasteiger partial charge on any atom is 0.243 e. The average molecular weight is 398 g/mol. The predicted octanol–water partition coefficient (Wildman–Crippen LogP) is 2.93. The van der Waals surface area contributed by atoms with Crippen LogP contribution in [-0.4, -0.2) is 38.7 Å². The molecule has 0 saturated heterocycles. The number of carbonyl (C=O) groups is 2. The minimum atomic E-state index is -0.284.